The summed E-state index contributed by atoms with van der Waals surface area (Å²) in [4.78, 5) is 0. The average Bonchev–Trinajstić information content (AvgIpc) is 2.44. The van der Waals surface area contributed by atoms with Gasteiger partial charge in [-0.05, 0) is 56.3 Å². The number of rotatable bonds is 7. The molecule has 0 saturated heterocycles. The summed E-state index contributed by atoms with van der Waals surface area (Å²) in [6.45, 7) is 5.58. The lowest BCUT2D eigenvalue weighted by Crippen LogP contribution is -2.13. The van der Waals surface area contributed by atoms with Crippen molar-refractivity contribution in [1.82, 2.24) is 0 Å². The second-order valence-corrected chi connectivity index (χ2v) is 6.08. The van der Waals surface area contributed by atoms with Crippen LogP contribution in [0.15, 0.2) is 42.5 Å². The van der Waals surface area contributed by atoms with E-state index in [4.69, 9.17) is 27.9 Å². The Morgan fingerprint density at radius 2 is 1.41 bits per heavy atom. The Kier molecular flexibility index (Phi) is 6.22. The minimum Gasteiger partial charge on any atom is -0.491 e. The number of hydrogen-bond acceptors (Lipinski definition) is 3. The van der Waals surface area contributed by atoms with Crippen molar-refractivity contribution in [2.24, 2.45) is 0 Å². The van der Waals surface area contributed by atoms with Gasteiger partial charge in [-0.3, -0.25) is 0 Å². The van der Waals surface area contributed by atoms with E-state index in [1.165, 1.54) is 0 Å². The van der Waals surface area contributed by atoms with Crippen molar-refractivity contribution in [2.45, 2.75) is 20.0 Å². The molecule has 0 unspecified atom stereocenters. The first-order valence-corrected chi connectivity index (χ1v) is 7.99. The molecule has 0 spiro atoms. The molecule has 0 aliphatic carbocycles. The first-order valence-electron chi connectivity index (χ1n) is 7.23. The first-order chi connectivity index (χ1) is 10.5. The predicted molar refractivity (Wildman–Crippen MR) is 95.6 cm³/mol. The number of anilines is 2. The largest absolute Gasteiger partial charge is 0.491 e. The summed E-state index contributed by atoms with van der Waals surface area (Å²) in [5.41, 5.74) is 1.97. The zero-order valence-electron chi connectivity index (χ0n) is 12.7. The molecule has 2 rings (SSSR count). The van der Waals surface area contributed by atoms with E-state index in [1.54, 1.807) is 6.07 Å². The number of benzene rings is 2. The lowest BCUT2D eigenvalue weighted by Gasteiger charge is -2.12. The van der Waals surface area contributed by atoms with Crippen LogP contribution in [0.3, 0.4) is 0 Å². The van der Waals surface area contributed by atoms with Crippen LogP contribution in [0.25, 0.3) is 0 Å². The standard InChI is InChI=1S/C17H20Cl2N2O/c1-12(2)22-17-5-3-15(4-6-17)20-7-8-21-16-10-13(18)9-14(19)11-16/h3-6,9-12,20-21H,7-8H2,1-2H3. The quantitative estimate of drug-likeness (QED) is 0.671. The molecule has 0 aliphatic rings. The number of nitrogens with one attached hydrogen (secondary N) is 2. The van der Waals surface area contributed by atoms with Gasteiger partial charge >= 0.3 is 0 Å². The van der Waals surface area contributed by atoms with Gasteiger partial charge < -0.3 is 15.4 Å². The van der Waals surface area contributed by atoms with Crippen molar-refractivity contribution >= 4 is 34.6 Å². The van der Waals surface area contributed by atoms with Gasteiger partial charge in [0.1, 0.15) is 5.75 Å². The van der Waals surface area contributed by atoms with Crippen LogP contribution in [0.1, 0.15) is 13.8 Å². The van der Waals surface area contributed by atoms with Crippen LogP contribution >= 0.6 is 23.2 Å². The molecule has 0 saturated carbocycles. The van der Waals surface area contributed by atoms with E-state index in [1.807, 2.05) is 50.2 Å². The summed E-state index contributed by atoms with van der Waals surface area (Å²) in [5, 5.41) is 7.88. The maximum Gasteiger partial charge on any atom is 0.119 e. The van der Waals surface area contributed by atoms with Crippen LogP contribution in [-0.2, 0) is 0 Å². The van der Waals surface area contributed by atoms with Crippen molar-refractivity contribution in [2.75, 3.05) is 23.7 Å². The molecule has 0 bridgehead atoms. The molecule has 0 amide bonds. The topological polar surface area (TPSA) is 33.3 Å². The van der Waals surface area contributed by atoms with E-state index in [9.17, 15) is 0 Å². The van der Waals surface area contributed by atoms with Gasteiger partial charge in [-0.25, -0.2) is 0 Å². The van der Waals surface area contributed by atoms with E-state index in [0.717, 1.165) is 30.2 Å². The first kappa shape index (κ1) is 16.8. The van der Waals surface area contributed by atoms with Crippen LogP contribution in [0, 0.1) is 0 Å². The maximum atomic E-state index is 5.96. The molecule has 0 aliphatic heterocycles. The van der Waals surface area contributed by atoms with Gasteiger partial charge in [-0.15, -0.1) is 0 Å². The van der Waals surface area contributed by atoms with Crippen LogP contribution in [0.2, 0.25) is 10.0 Å². The highest BCUT2D eigenvalue weighted by atomic mass is 35.5. The zero-order chi connectivity index (χ0) is 15.9. The van der Waals surface area contributed by atoms with E-state index >= 15 is 0 Å². The monoisotopic (exact) mass is 338 g/mol. The Morgan fingerprint density at radius 3 is 1.95 bits per heavy atom. The summed E-state index contributed by atoms with van der Waals surface area (Å²) >= 11 is 11.9. The van der Waals surface area contributed by atoms with E-state index in [2.05, 4.69) is 10.6 Å². The lowest BCUT2D eigenvalue weighted by atomic mass is 10.3. The molecule has 0 aromatic heterocycles. The minimum absolute atomic E-state index is 0.188. The molecule has 0 atom stereocenters. The van der Waals surface area contributed by atoms with Gasteiger partial charge in [-0.2, -0.15) is 0 Å². The maximum absolute atomic E-state index is 5.96. The highest BCUT2D eigenvalue weighted by Crippen LogP contribution is 2.22. The van der Waals surface area contributed by atoms with Gasteiger partial charge in [0.15, 0.2) is 0 Å². The van der Waals surface area contributed by atoms with Gasteiger partial charge in [0.05, 0.1) is 6.10 Å². The molecule has 2 aromatic rings. The van der Waals surface area contributed by atoms with Crippen molar-refractivity contribution in [3.05, 3.63) is 52.5 Å². The molecule has 22 heavy (non-hydrogen) atoms. The van der Waals surface area contributed by atoms with Crippen LogP contribution < -0.4 is 15.4 Å². The molecule has 0 radical (unpaired) electrons. The normalized spacial score (nSPS) is 10.6. The summed E-state index contributed by atoms with van der Waals surface area (Å²) in [5.74, 6) is 0.882. The van der Waals surface area contributed by atoms with Gasteiger partial charge in [0.2, 0.25) is 0 Å². The Bertz CT molecular complexity index is 580. The third kappa shape index (κ3) is 5.66. The Balaban J connectivity index is 1.76. The third-order valence-corrected chi connectivity index (χ3v) is 3.31. The second-order valence-electron chi connectivity index (χ2n) is 5.20. The fourth-order valence-corrected chi connectivity index (χ4v) is 2.52. The van der Waals surface area contributed by atoms with Crippen molar-refractivity contribution in [3.63, 3.8) is 0 Å². The van der Waals surface area contributed by atoms with Crippen LogP contribution in [-0.4, -0.2) is 19.2 Å². The molecule has 0 heterocycles. The number of halogens is 2. The van der Waals surface area contributed by atoms with E-state index in [-0.39, 0.29) is 6.10 Å². The highest BCUT2D eigenvalue weighted by molar-refractivity contribution is 6.35. The van der Waals surface area contributed by atoms with Crippen molar-refractivity contribution in [1.29, 1.82) is 0 Å². The highest BCUT2D eigenvalue weighted by Gasteiger charge is 1.99. The fourth-order valence-electron chi connectivity index (χ4n) is 1.99. The molecule has 2 aromatic carbocycles. The van der Waals surface area contributed by atoms with Crippen LogP contribution in [0.5, 0.6) is 5.75 Å². The molecular weight excluding hydrogens is 319 g/mol. The molecular formula is C17H20Cl2N2O. The molecule has 3 nitrogen and oxygen atoms in total. The lowest BCUT2D eigenvalue weighted by molar-refractivity contribution is 0.242. The Morgan fingerprint density at radius 1 is 0.864 bits per heavy atom. The Hall–Kier alpha value is -1.58. The van der Waals surface area contributed by atoms with E-state index < -0.39 is 0 Å². The number of hydrogen-bond donors (Lipinski definition) is 2. The SMILES string of the molecule is CC(C)Oc1ccc(NCCNc2cc(Cl)cc(Cl)c2)cc1. The summed E-state index contributed by atoms with van der Waals surface area (Å²) in [6.07, 6.45) is 0.188. The molecule has 5 heteroatoms. The Labute approximate surface area is 141 Å². The van der Waals surface area contributed by atoms with Gasteiger partial charge in [0, 0.05) is 34.5 Å². The minimum atomic E-state index is 0.188. The average molecular weight is 339 g/mol. The summed E-state index contributed by atoms with van der Waals surface area (Å²) < 4.78 is 5.61. The van der Waals surface area contributed by atoms with Crippen molar-refractivity contribution < 1.29 is 4.74 Å². The smallest absolute Gasteiger partial charge is 0.119 e. The summed E-state index contributed by atoms with van der Waals surface area (Å²) in [7, 11) is 0. The van der Waals surface area contributed by atoms with E-state index in [0.29, 0.717) is 10.0 Å². The van der Waals surface area contributed by atoms with Gasteiger partial charge in [-0.1, -0.05) is 23.2 Å². The van der Waals surface area contributed by atoms with Gasteiger partial charge in [0.25, 0.3) is 0 Å². The molecule has 118 valence electrons. The summed E-state index contributed by atoms with van der Waals surface area (Å²) in [6, 6.07) is 13.4. The molecule has 0 fully saturated rings. The van der Waals surface area contributed by atoms with Crippen LogP contribution in [0.4, 0.5) is 11.4 Å². The predicted octanol–water partition coefficient (Wildman–Crippen LogP) is 5.30. The molecule has 2 N–H and O–H groups in total. The van der Waals surface area contributed by atoms with Crippen molar-refractivity contribution in [3.8, 4) is 5.75 Å². The second kappa shape index (κ2) is 8.16. The zero-order valence-corrected chi connectivity index (χ0v) is 14.2. The third-order valence-electron chi connectivity index (χ3n) is 2.87. The number of ether oxygens (including phenoxy) is 1. The fraction of sp³-hybridized carbons (Fsp3) is 0.294.